The maximum Gasteiger partial charge on any atom is 0.148 e. The molecule has 0 spiro atoms. The van der Waals surface area contributed by atoms with Gasteiger partial charge in [0.05, 0.1) is 16.7 Å². The van der Waals surface area contributed by atoms with E-state index in [1.165, 1.54) is 6.07 Å². The van der Waals surface area contributed by atoms with Crippen LogP contribution in [0.1, 0.15) is 5.82 Å². The van der Waals surface area contributed by atoms with Gasteiger partial charge in [0.1, 0.15) is 11.6 Å². The maximum absolute atomic E-state index is 14.3. The van der Waals surface area contributed by atoms with Crippen LogP contribution in [-0.4, -0.2) is 15.4 Å². The van der Waals surface area contributed by atoms with Crippen LogP contribution in [0, 0.1) is 5.82 Å². The number of aromatic nitrogens is 2. The van der Waals surface area contributed by atoms with Crippen molar-refractivity contribution in [1.82, 2.24) is 9.55 Å². The van der Waals surface area contributed by atoms with Gasteiger partial charge in [0.25, 0.3) is 0 Å². The van der Waals surface area contributed by atoms with Crippen molar-refractivity contribution >= 4 is 50.2 Å². The first-order valence-electron chi connectivity index (χ1n) is 6.28. The highest BCUT2D eigenvalue weighted by Gasteiger charge is 2.15. The van der Waals surface area contributed by atoms with Gasteiger partial charge in [0, 0.05) is 21.8 Å². The van der Waals surface area contributed by atoms with Crippen LogP contribution in [0.25, 0.3) is 16.7 Å². The Balaban J connectivity index is 2.30. The predicted octanol–water partition coefficient (Wildman–Crippen LogP) is 5.36. The van der Waals surface area contributed by atoms with Crippen LogP contribution in [0.4, 0.5) is 4.39 Å². The van der Waals surface area contributed by atoms with Gasteiger partial charge >= 0.3 is 0 Å². The summed E-state index contributed by atoms with van der Waals surface area (Å²) in [6.07, 6.45) is 0.545. The van der Waals surface area contributed by atoms with Gasteiger partial charge in [-0.05, 0) is 36.4 Å². The van der Waals surface area contributed by atoms with E-state index >= 15 is 0 Å². The molecule has 0 aliphatic heterocycles. The van der Waals surface area contributed by atoms with Gasteiger partial charge in [-0.25, -0.2) is 9.37 Å². The lowest BCUT2D eigenvalue weighted by Crippen LogP contribution is -2.04. The molecule has 1 aromatic heterocycles. The maximum atomic E-state index is 14.3. The fourth-order valence-electron chi connectivity index (χ4n) is 2.29. The summed E-state index contributed by atoms with van der Waals surface area (Å²) in [6.45, 7) is 0. The van der Waals surface area contributed by atoms with Gasteiger partial charge < -0.3 is 0 Å². The van der Waals surface area contributed by atoms with Crippen LogP contribution in [0.3, 0.4) is 0 Å². The second-order valence-corrected chi connectivity index (χ2v) is 6.26. The molecular weight excluding hydrogens is 378 g/mol. The highest BCUT2D eigenvalue weighted by atomic mass is 79.9. The second-order valence-electron chi connectivity index (χ2n) is 4.53. The van der Waals surface area contributed by atoms with Crippen LogP contribution in [-0.2, 0) is 6.42 Å². The highest BCUT2D eigenvalue weighted by molar-refractivity contribution is 9.10. The van der Waals surface area contributed by atoms with Gasteiger partial charge in [-0.15, -0.1) is 11.6 Å². The minimum absolute atomic E-state index is 0.325. The summed E-state index contributed by atoms with van der Waals surface area (Å²) in [4.78, 5) is 4.52. The minimum atomic E-state index is -0.325. The van der Waals surface area contributed by atoms with E-state index in [1.54, 1.807) is 28.8 Å². The van der Waals surface area contributed by atoms with Gasteiger partial charge in [-0.2, -0.15) is 0 Å². The Labute approximate surface area is 139 Å². The number of nitrogens with zero attached hydrogens (tertiary/aromatic N) is 2. The van der Waals surface area contributed by atoms with Crippen molar-refractivity contribution in [3.63, 3.8) is 0 Å². The van der Waals surface area contributed by atoms with Crippen LogP contribution in [0.15, 0.2) is 40.9 Å². The Morgan fingerprint density at radius 2 is 2.00 bits per heavy atom. The molecular formula is C15H10BrCl2FN2. The normalized spacial score (nSPS) is 11.2. The van der Waals surface area contributed by atoms with Crippen LogP contribution < -0.4 is 0 Å². The summed E-state index contributed by atoms with van der Waals surface area (Å²) < 4.78 is 16.8. The predicted molar refractivity (Wildman–Crippen MR) is 88.2 cm³/mol. The molecule has 0 aliphatic rings. The molecule has 2 nitrogen and oxygen atoms in total. The molecule has 0 saturated carbocycles. The Hall–Kier alpha value is -1.10. The molecule has 0 bridgehead atoms. The molecule has 0 aliphatic carbocycles. The summed E-state index contributed by atoms with van der Waals surface area (Å²) in [5.41, 5.74) is 1.98. The molecule has 21 heavy (non-hydrogen) atoms. The lowest BCUT2D eigenvalue weighted by atomic mass is 10.2. The number of benzene rings is 2. The van der Waals surface area contributed by atoms with Crippen molar-refractivity contribution in [1.29, 1.82) is 0 Å². The summed E-state index contributed by atoms with van der Waals surface area (Å²) in [7, 11) is 0. The van der Waals surface area contributed by atoms with E-state index in [0.717, 1.165) is 11.0 Å². The number of fused-ring (bicyclic) bond motifs is 1. The molecule has 3 rings (SSSR count). The van der Waals surface area contributed by atoms with Crippen molar-refractivity contribution in [2.24, 2.45) is 0 Å². The molecule has 1 heterocycles. The molecule has 6 heteroatoms. The van der Waals surface area contributed by atoms with E-state index in [0.29, 0.717) is 33.3 Å². The zero-order chi connectivity index (χ0) is 15.0. The van der Waals surface area contributed by atoms with Gasteiger partial charge in [-0.3, -0.25) is 4.57 Å². The quantitative estimate of drug-likeness (QED) is 0.553. The number of aryl methyl sites for hydroxylation is 1. The molecule has 3 aromatic rings. The molecule has 2 aromatic carbocycles. The van der Waals surface area contributed by atoms with Crippen molar-refractivity contribution in [2.75, 3.05) is 5.88 Å². The van der Waals surface area contributed by atoms with Crippen molar-refractivity contribution in [3.8, 4) is 5.69 Å². The minimum Gasteiger partial charge on any atom is -0.293 e. The molecule has 0 saturated heterocycles. The number of hydrogen-bond donors (Lipinski definition) is 0. The summed E-state index contributed by atoms with van der Waals surface area (Å²) >= 11 is 15.1. The zero-order valence-corrected chi connectivity index (χ0v) is 13.9. The third-order valence-electron chi connectivity index (χ3n) is 3.15. The summed E-state index contributed by atoms with van der Waals surface area (Å²) in [6, 6.07) is 10.3. The van der Waals surface area contributed by atoms with E-state index < -0.39 is 0 Å². The van der Waals surface area contributed by atoms with E-state index in [2.05, 4.69) is 20.9 Å². The Morgan fingerprint density at radius 1 is 1.19 bits per heavy atom. The standard InChI is InChI=1S/C15H10BrCl2FN2/c16-9-1-3-13(11(19)7-9)21-14-4-2-10(18)8-12(14)20-15(21)5-6-17/h1-4,7-8H,5-6H2. The van der Waals surface area contributed by atoms with E-state index in [4.69, 9.17) is 23.2 Å². The van der Waals surface area contributed by atoms with E-state index in [-0.39, 0.29) is 5.82 Å². The lowest BCUT2D eigenvalue weighted by molar-refractivity contribution is 0.616. The largest absolute Gasteiger partial charge is 0.293 e. The van der Waals surface area contributed by atoms with Crippen LogP contribution in [0.5, 0.6) is 0 Å². The number of imidazole rings is 1. The molecule has 0 atom stereocenters. The Bertz CT molecular complexity index is 817. The average molecular weight is 388 g/mol. The summed E-state index contributed by atoms with van der Waals surface area (Å²) in [5, 5.41) is 0.598. The van der Waals surface area contributed by atoms with Crippen molar-refractivity contribution in [3.05, 3.63) is 57.5 Å². The first-order valence-corrected chi connectivity index (χ1v) is 7.99. The SMILES string of the molecule is Fc1cc(Br)ccc1-n1c(CCCl)nc2cc(Cl)ccc21. The topological polar surface area (TPSA) is 17.8 Å². The zero-order valence-electron chi connectivity index (χ0n) is 10.8. The number of alkyl halides is 1. The highest BCUT2D eigenvalue weighted by Crippen LogP contribution is 2.27. The summed E-state index contributed by atoms with van der Waals surface area (Å²) in [5.74, 6) is 0.799. The van der Waals surface area contributed by atoms with Gasteiger partial charge in [-0.1, -0.05) is 27.5 Å². The van der Waals surface area contributed by atoms with Crippen molar-refractivity contribution in [2.45, 2.75) is 6.42 Å². The molecule has 108 valence electrons. The molecule has 0 amide bonds. The molecule has 0 N–H and O–H groups in total. The van der Waals surface area contributed by atoms with Crippen molar-refractivity contribution < 1.29 is 4.39 Å². The first-order chi connectivity index (χ1) is 10.1. The lowest BCUT2D eigenvalue weighted by Gasteiger charge is -2.10. The smallest absolute Gasteiger partial charge is 0.148 e. The first kappa shape index (κ1) is 14.8. The van der Waals surface area contributed by atoms with Crippen LogP contribution in [0.2, 0.25) is 5.02 Å². The number of halogens is 4. The van der Waals surface area contributed by atoms with E-state index in [1.807, 2.05) is 6.07 Å². The van der Waals surface area contributed by atoms with Gasteiger partial charge in [0.2, 0.25) is 0 Å². The molecule has 0 fully saturated rings. The fourth-order valence-corrected chi connectivity index (χ4v) is 2.96. The van der Waals surface area contributed by atoms with E-state index in [9.17, 15) is 4.39 Å². The third-order valence-corrected chi connectivity index (χ3v) is 4.07. The third kappa shape index (κ3) is 2.80. The Kier molecular flexibility index (Phi) is 4.20. The molecule has 0 unspecified atom stereocenters. The monoisotopic (exact) mass is 386 g/mol. The number of rotatable bonds is 3. The number of hydrogen-bond acceptors (Lipinski definition) is 1. The Morgan fingerprint density at radius 3 is 2.71 bits per heavy atom. The fraction of sp³-hybridized carbons (Fsp3) is 0.133. The average Bonchev–Trinajstić information content (AvgIpc) is 2.76. The molecule has 0 radical (unpaired) electrons. The van der Waals surface area contributed by atoms with Gasteiger partial charge in [0.15, 0.2) is 0 Å². The van der Waals surface area contributed by atoms with Crippen LogP contribution >= 0.6 is 39.1 Å². The second kappa shape index (κ2) is 5.95.